The highest BCUT2D eigenvalue weighted by atomic mass is 16.5. The quantitative estimate of drug-likeness (QED) is 0.574. The molecular formula is C25H26N4O6. The molecule has 4 rings (SSSR count). The summed E-state index contributed by atoms with van der Waals surface area (Å²) in [7, 11) is 1.66. The Balaban J connectivity index is 1.45. The number of aryl methyl sites for hydroxylation is 2. The van der Waals surface area contributed by atoms with Crippen LogP contribution in [-0.2, 0) is 23.0 Å². The van der Waals surface area contributed by atoms with Crippen molar-refractivity contribution in [3.63, 3.8) is 0 Å². The summed E-state index contributed by atoms with van der Waals surface area (Å²) < 4.78 is 12.3. The molecule has 2 N–H and O–H groups in total. The van der Waals surface area contributed by atoms with E-state index < -0.39 is 29.9 Å². The Morgan fingerprint density at radius 1 is 1.26 bits per heavy atom. The van der Waals surface area contributed by atoms with E-state index in [4.69, 9.17) is 9.15 Å². The van der Waals surface area contributed by atoms with E-state index in [1.807, 2.05) is 43.3 Å². The molecule has 0 spiro atoms. The molecule has 1 fully saturated rings. The number of hydrogen-bond donors (Lipinski definition) is 2. The SMILES string of the molecule is Cc1cc(-c2ccc(C[C@@H](C#N)NC(=O)[C@@H]3CN(C(=O)O)CCCO3)cc2)cc2c1oc(=O)n2C. The Hall–Kier alpha value is -4.10. The fourth-order valence-electron chi connectivity index (χ4n) is 4.18. The summed E-state index contributed by atoms with van der Waals surface area (Å²) in [5.74, 6) is -0.916. The molecule has 3 aromatic rings. The van der Waals surface area contributed by atoms with Gasteiger partial charge in [0, 0.05) is 26.6 Å². The summed E-state index contributed by atoms with van der Waals surface area (Å²) in [5.41, 5.74) is 4.84. The Labute approximate surface area is 201 Å². The van der Waals surface area contributed by atoms with Crippen molar-refractivity contribution in [2.45, 2.75) is 31.9 Å². The van der Waals surface area contributed by atoms with Gasteiger partial charge in [0.2, 0.25) is 0 Å². The number of ether oxygens (including phenoxy) is 1. The minimum absolute atomic E-state index is 0.0694. The molecule has 2 heterocycles. The van der Waals surface area contributed by atoms with Crippen molar-refractivity contribution in [1.29, 1.82) is 5.26 Å². The third kappa shape index (κ3) is 5.20. The van der Waals surface area contributed by atoms with Gasteiger partial charge in [-0.3, -0.25) is 9.36 Å². The highest BCUT2D eigenvalue weighted by molar-refractivity contribution is 5.84. The molecule has 1 aliphatic heterocycles. The van der Waals surface area contributed by atoms with Crippen molar-refractivity contribution in [2.24, 2.45) is 7.05 Å². The van der Waals surface area contributed by atoms with Crippen LogP contribution in [0.1, 0.15) is 17.5 Å². The second-order valence-corrected chi connectivity index (χ2v) is 8.60. The second kappa shape index (κ2) is 10.0. The molecule has 10 heteroatoms. The Morgan fingerprint density at radius 2 is 2.00 bits per heavy atom. The van der Waals surface area contributed by atoms with E-state index in [0.717, 1.165) is 27.2 Å². The van der Waals surface area contributed by atoms with E-state index in [2.05, 4.69) is 11.4 Å². The van der Waals surface area contributed by atoms with E-state index in [1.54, 1.807) is 7.05 Å². The van der Waals surface area contributed by atoms with Crippen LogP contribution in [0.4, 0.5) is 4.79 Å². The van der Waals surface area contributed by atoms with Gasteiger partial charge in [0.25, 0.3) is 5.91 Å². The molecule has 10 nitrogen and oxygen atoms in total. The van der Waals surface area contributed by atoms with Crippen molar-refractivity contribution >= 4 is 23.1 Å². The number of benzene rings is 2. The number of carboxylic acid groups (broad SMARTS) is 1. The number of hydrogen-bond acceptors (Lipinski definition) is 6. The van der Waals surface area contributed by atoms with Gasteiger partial charge in [-0.25, -0.2) is 9.59 Å². The number of nitrogens with one attached hydrogen (secondary N) is 1. The van der Waals surface area contributed by atoms with Gasteiger partial charge in [-0.05, 0) is 47.7 Å². The standard InChI is InChI=1S/C25H26N4O6/c1-15-10-18(12-20-22(15)35-25(33)28(20)2)17-6-4-16(5-7-17)11-19(13-26)27-23(30)21-14-29(24(31)32)8-3-9-34-21/h4-7,10,12,19,21H,3,8-9,11,14H2,1-2H3,(H,27,30)(H,31,32)/t19-,21-/m0/s1. The third-order valence-corrected chi connectivity index (χ3v) is 6.12. The van der Waals surface area contributed by atoms with Gasteiger partial charge in [0.15, 0.2) is 11.7 Å². The Morgan fingerprint density at radius 3 is 2.69 bits per heavy atom. The molecule has 0 bridgehead atoms. The largest absolute Gasteiger partial charge is 0.465 e. The van der Waals surface area contributed by atoms with E-state index >= 15 is 0 Å². The monoisotopic (exact) mass is 478 g/mol. The summed E-state index contributed by atoms with van der Waals surface area (Å²) in [6, 6.07) is 12.8. The van der Waals surface area contributed by atoms with Gasteiger partial charge in [0.05, 0.1) is 18.1 Å². The zero-order valence-electron chi connectivity index (χ0n) is 19.5. The lowest BCUT2D eigenvalue weighted by Gasteiger charge is -2.22. The molecule has 0 saturated carbocycles. The number of oxazole rings is 1. The first-order chi connectivity index (χ1) is 16.8. The van der Waals surface area contributed by atoms with Crippen molar-refractivity contribution in [3.8, 4) is 17.2 Å². The van der Waals surface area contributed by atoms with Crippen molar-refractivity contribution in [1.82, 2.24) is 14.8 Å². The van der Waals surface area contributed by atoms with Crippen LogP contribution in [0.15, 0.2) is 45.6 Å². The number of aromatic nitrogens is 1. The lowest BCUT2D eigenvalue weighted by atomic mass is 9.99. The van der Waals surface area contributed by atoms with Crippen LogP contribution >= 0.6 is 0 Å². The molecule has 0 radical (unpaired) electrons. The minimum atomic E-state index is -1.10. The summed E-state index contributed by atoms with van der Waals surface area (Å²) >= 11 is 0. The Bertz CT molecular complexity index is 1350. The summed E-state index contributed by atoms with van der Waals surface area (Å²) in [4.78, 5) is 36.9. The van der Waals surface area contributed by atoms with Crippen LogP contribution in [0.25, 0.3) is 22.2 Å². The lowest BCUT2D eigenvalue weighted by molar-refractivity contribution is -0.133. The van der Waals surface area contributed by atoms with E-state index in [0.29, 0.717) is 24.1 Å². The number of rotatable bonds is 5. The van der Waals surface area contributed by atoms with Crippen LogP contribution in [0.3, 0.4) is 0 Å². The van der Waals surface area contributed by atoms with E-state index in [9.17, 15) is 24.8 Å². The minimum Gasteiger partial charge on any atom is -0.465 e. The average molecular weight is 479 g/mol. The van der Waals surface area contributed by atoms with Crippen molar-refractivity contribution in [3.05, 3.63) is 58.1 Å². The van der Waals surface area contributed by atoms with Crippen LogP contribution in [0, 0.1) is 18.3 Å². The molecule has 1 saturated heterocycles. The molecule has 35 heavy (non-hydrogen) atoms. The highest BCUT2D eigenvalue weighted by Crippen LogP contribution is 2.27. The van der Waals surface area contributed by atoms with Gasteiger partial charge >= 0.3 is 11.8 Å². The fourth-order valence-corrected chi connectivity index (χ4v) is 4.18. The fraction of sp³-hybridized carbons (Fsp3) is 0.360. The number of nitrogens with zero attached hydrogens (tertiary/aromatic N) is 3. The number of nitriles is 1. The molecular weight excluding hydrogens is 452 g/mol. The number of carbonyl (C=O) groups is 2. The summed E-state index contributed by atoms with van der Waals surface area (Å²) in [5, 5.41) is 21.5. The highest BCUT2D eigenvalue weighted by Gasteiger charge is 2.29. The van der Waals surface area contributed by atoms with Crippen LogP contribution in [-0.4, -0.2) is 58.4 Å². The number of fused-ring (bicyclic) bond motifs is 1. The van der Waals surface area contributed by atoms with Crippen molar-refractivity contribution in [2.75, 3.05) is 19.7 Å². The van der Waals surface area contributed by atoms with Crippen LogP contribution in [0.2, 0.25) is 0 Å². The molecule has 2 amide bonds. The molecule has 2 aromatic carbocycles. The zero-order chi connectivity index (χ0) is 25.1. The van der Waals surface area contributed by atoms with Gasteiger partial charge in [-0.1, -0.05) is 24.3 Å². The molecule has 0 aliphatic carbocycles. The Kier molecular flexibility index (Phi) is 6.89. The molecule has 1 aliphatic rings. The maximum Gasteiger partial charge on any atom is 0.419 e. The van der Waals surface area contributed by atoms with Crippen LogP contribution in [0.5, 0.6) is 0 Å². The molecule has 0 unspecified atom stereocenters. The topological polar surface area (TPSA) is 138 Å². The van der Waals surface area contributed by atoms with Gasteiger partial charge in [-0.2, -0.15) is 5.26 Å². The summed E-state index contributed by atoms with van der Waals surface area (Å²) in [6.07, 6.45) is -1.27. The van der Waals surface area contributed by atoms with E-state index in [1.165, 1.54) is 4.57 Å². The lowest BCUT2D eigenvalue weighted by Crippen LogP contribution is -2.47. The molecule has 182 valence electrons. The number of carbonyl (C=O) groups excluding carboxylic acids is 1. The predicted octanol–water partition coefficient (Wildman–Crippen LogP) is 2.43. The summed E-state index contributed by atoms with van der Waals surface area (Å²) in [6.45, 7) is 2.40. The van der Waals surface area contributed by atoms with Gasteiger partial charge < -0.3 is 24.5 Å². The first-order valence-corrected chi connectivity index (χ1v) is 11.3. The maximum absolute atomic E-state index is 12.6. The van der Waals surface area contributed by atoms with Crippen molar-refractivity contribution < 1.29 is 23.8 Å². The number of amides is 2. The van der Waals surface area contributed by atoms with Gasteiger partial charge in [0.1, 0.15) is 6.04 Å². The first-order valence-electron chi connectivity index (χ1n) is 11.3. The van der Waals surface area contributed by atoms with E-state index in [-0.39, 0.29) is 19.6 Å². The van der Waals surface area contributed by atoms with Gasteiger partial charge in [-0.15, -0.1) is 0 Å². The first kappa shape index (κ1) is 24.0. The third-order valence-electron chi connectivity index (χ3n) is 6.12. The maximum atomic E-state index is 12.6. The second-order valence-electron chi connectivity index (χ2n) is 8.60. The predicted molar refractivity (Wildman–Crippen MR) is 127 cm³/mol. The smallest absolute Gasteiger partial charge is 0.419 e. The zero-order valence-corrected chi connectivity index (χ0v) is 19.5. The normalized spacial score (nSPS) is 16.9. The molecule has 2 atom stereocenters. The van der Waals surface area contributed by atoms with Crippen LogP contribution < -0.4 is 11.1 Å². The average Bonchev–Trinajstić information content (AvgIpc) is 3.01. The molecule has 1 aromatic heterocycles.